The largest absolute Gasteiger partial charge is 0.464 e. The average Bonchev–Trinajstić information content (AvgIpc) is 2.30. The van der Waals surface area contributed by atoms with Crippen molar-refractivity contribution in [3.8, 4) is 0 Å². The molecule has 0 amide bonds. The smallest absolute Gasteiger partial charge is 0.335 e. The van der Waals surface area contributed by atoms with Crippen LogP contribution in [0.3, 0.4) is 0 Å². The van der Waals surface area contributed by atoms with Crippen molar-refractivity contribution in [3.05, 3.63) is 34.9 Å². The van der Waals surface area contributed by atoms with Crippen molar-refractivity contribution in [1.82, 2.24) is 0 Å². The number of carbonyl (C=O) groups excluding carboxylic acids is 1. The minimum absolute atomic E-state index is 0.298. The van der Waals surface area contributed by atoms with E-state index in [1.165, 1.54) is 18.2 Å². The highest BCUT2D eigenvalue weighted by Gasteiger charge is 2.19. The summed E-state index contributed by atoms with van der Waals surface area (Å²) in [5.74, 6) is -0.298. The molecule has 1 aromatic carbocycles. The summed E-state index contributed by atoms with van der Waals surface area (Å²) in [6.07, 6.45) is 0.0354. The van der Waals surface area contributed by atoms with Crippen molar-refractivity contribution in [2.45, 2.75) is 33.3 Å². The first-order valence-electron chi connectivity index (χ1n) is 5.84. The number of hydrogen-bond acceptors (Lipinski definition) is 3. The molecule has 17 heavy (non-hydrogen) atoms. The summed E-state index contributed by atoms with van der Waals surface area (Å²) in [5, 5.41) is 0. The molecular weight excluding hydrogens is 216 g/mol. The van der Waals surface area contributed by atoms with E-state index in [9.17, 15) is 4.79 Å². The highest BCUT2D eigenvalue weighted by Crippen LogP contribution is 2.13. The SMILES string of the molecule is CCOC(=O)C(Cc1ccc(C)c(C)c1)OC. The van der Waals surface area contributed by atoms with Gasteiger partial charge in [-0.15, -0.1) is 0 Å². The van der Waals surface area contributed by atoms with Crippen molar-refractivity contribution in [2.24, 2.45) is 0 Å². The Bertz CT molecular complexity index is 385. The summed E-state index contributed by atoms with van der Waals surface area (Å²) >= 11 is 0. The molecule has 0 N–H and O–H groups in total. The lowest BCUT2D eigenvalue weighted by Gasteiger charge is -2.14. The lowest BCUT2D eigenvalue weighted by molar-refractivity contribution is -0.154. The number of benzene rings is 1. The average molecular weight is 236 g/mol. The van der Waals surface area contributed by atoms with Gasteiger partial charge in [-0.05, 0) is 37.5 Å². The zero-order valence-electron chi connectivity index (χ0n) is 10.9. The maximum Gasteiger partial charge on any atom is 0.335 e. The van der Waals surface area contributed by atoms with Gasteiger partial charge in [0, 0.05) is 13.5 Å². The first-order valence-corrected chi connectivity index (χ1v) is 5.84. The normalized spacial score (nSPS) is 12.2. The third-order valence-electron chi connectivity index (χ3n) is 2.83. The third kappa shape index (κ3) is 3.86. The van der Waals surface area contributed by atoms with Crippen LogP contribution in [0.2, 0.25) is 0 Å². The predicted molar refractivity (Wildman–Crippen MR) is 67.1 cm³/mol. The lowest BCUT2D eigenvalue weighted by Crippen LogP contribution is -2.27. The van der Waals surface area contributed by atoms with Gasteiger partial charge in [0.1, 0.15) is 0 Å². The number of ether oxygens (including phenoxy) is 2. The molecule has 1 rings (SSSR count). The number of aryl methyl sites for hydroxylation is 2. The summed E-state index contributed by atoms with van der Waals surface area (Å²) < 4.78 is 10.1. The first kappa shape index (κ1) is 13.7. The molecule has 1 aromatic rings. The van der Waals surface area contributed by atoms with Gasteiger partial charge >= 0.3 is 5.97 Å². The Balaban J connectivity index is 2.73. The molecule has 94 valence electrons. The van der Waals surface area contributed by atoms with Gasteiger partial charge in [-0.25, -0.2) is 4.79 Å². The molecule has 0 fully saturated rings. The third-order valence-corrected chi connectivity index (χ3v) is 2.83. The van der Waals surface area contributed by atoms with E-state index in [0.29, 0.717) is 13.0 Å². The molecule has 0 spiro atoms. The van der Waals surface area contributed by atoms with Gasteiger partial charge < -0.3 is 9.47 Å². The van der Waals surface area contributed by atoms with Gasteiger partial charge in [-0.2, -0.15) is 0 Å². The fourth-order valence-electron chi connectivity index (χ4n) is 1.64. The maximum atomic E-state index is 11.6. The van der Waals surface area contributed by atoms with Crippen molar-refractivity contribution < 1.29 is 14.3 Å². The van der Waals surface area contributed by atoms with Crippen molar-refractivity contribution >= 4 is 5.97 Å². The molecule has 0 radical (unpaired) electrons. The maximum absolute atomic E-state index is 11.6. The number of carbonyl (C=O) groups is 1. The summed E-state index contributed by atoms with van der Waals surface area (Å²) in [4.78, 5) is 11.6. The quantitative estimate of drug-likeness (QED) is 0.736. The predicted octanol–water partition coefficient (Wildman–Crippen LogP) is 2.42. The molecule has 0 aliphatic rings. The van der Waals surface area contributed by atoms with Crippen LogP contribution < -0.4 is 0 Å². The molecule has 0 bridgehead atoms. The van der Waals surface area contributed by atoms with Gasteiger partial charge in [-0.1, -0.05) is 18.2 Å². The molecule has 0 saturated carbocycles. The minimum Gasteiger partial charge on any atom is -0.464 e. The lowest BCUT2D eigenvalue weighted by atomic mass is 10.0. The Kier molecular flexibility index (Phi) is 5.16. The zero-order valence-corrected chi connectivity index (χ0v) is 10.9. The summed E-state index contributed by atoms with van der Waals surface area (Å²) in [6, 6.07) is 6.16. The Morgan fingerprint density at radius 2 is 2.00 bits per heavy atom. The molecule has 1 atom stereocenters. The highest BCUT2D eigenvalue weighted by molar-refractivity contribution is 5.75. The minimum atomic E-state index is -0.517. The Labute approximate surface area is 103 Å². The number of methoxy groups -OCH3 is 1. The van der Waals surface area contributed by atoms with Crippen LogP contribution in [0, 0.1) is 13.8 Å². The molecule has 0 aliphatic heterocycles. The van der Waals surface area contributed by atoms with Crippen LogP contribution in [0.4, 0.5) is 0 Å². The summed E-state index contributed by atoms with van der Waals surface area (Å²) in [5.41, 5.74) is 3.56. The second kappa shape index (κ2) is 6.40. The van der Waals surface area contributed by atoms with E-state index in [1.54, 1.807) is 6.92 Å². The molecule has 3 heteroatoms. The molecule has 0 saturated heterocycles. The number of esters is 1. The first-order chi connectivity index (χ1) is 8.08. The zero-order chi connectivity index (χ0) is 12.8. The fraction of sp³-hybridized carbons (Fsp3) is 0.500. The molecule has 0 aliphatic carbocycles. The molecule has 1 unspecified atom stereocenters. The van der Waals surface area contributed by atoms with E-state index >= 15 is 0 Å². The fourth-order valence-corrected chi connectivity index (χ4v) is 1.64. The van der Waals surface area contributed by atoms with Crippen LogP contribution in [0.1, 0.15) is 23.6 Å². The van der Waals surface area contributed by atoms with E-state index < -0.39 is 6.10 Å². The second-order valence-corrected chi connectivity index (χ2v) is 4.10. The standard InChI is InChI=1S/C14H20O3/c1-5-17-14(15)13(16-4)9-12-7-6-10(2)11(3)8-12/h6-8,13H,5,9H2,1-4H3. The van der Waals surface area contributed by atoms with E-state index in [1.807, 2.05) is 6.07 Å². The summed E-state index contributed by atoms with van der Waals surface area (Å²) in [6.45, 7) is 6.30. The van der Waals surface area contributed by atoms with E-state index in [2.05, 4.69) is 26.0 Å². The van der Waals surface area contributed by atoms with Crippen LogP contribution in [0.5, 0.6) is 0 Å². The highest BCUT2D eigenvalue weighted by atomic mass is 16.6. The van der Waals surface area contributed by atoms with Crippen LogP contribution in [0.15, 0.2) is 18.2 Å². The molecular formula is C14H20O3. The second-order valence-electron chi connectivity index (χ2n) is 4.10. The van der Waals surface area contributed by atoms with E-state index in [-0.39, 0.29) is 5.97 Å². The van der Waals surface area contributed by atoms with Crippen molar-refractivity contribution in [1.29, 1.82) is 0 Å². The Morgan fingerprint density at radius 3 is 2.53 bits per heavy atom. The van der Waals surface area contributed by atoms with Crippen LogP contribution in [-0.2, 0) is 20.7 Å². The molecule has 3 nitrogen and oxygen atoms in total. The van der Waals surface area contributed by atoms with Crippen molar-refractivity contribution in [2.75, 3.05) is 13.7 Å². The van der Waals surface area contributed by atoms with Crippen molar-refractivity contribution in [3.63, 3.8) is 0 Å². The van der Waals surface area contributed by atoms with E-state index in [4.69, 9.17) is 9.47 Å². The van der Waals surface area contributed by atoms with Crippen LogP contribution in [0.25, 0.3) is 0 Å². The van der Waals surface area contributed by atoms with Crippen LogP contribution in [-0.4, -0.2) is 25.8 Å². The number of rotatable bonds is 5. The Hall–Kier alpha value is -1.35. The van der Waals surface area contributed by atoms with Gasteiger partial charge in [-0.3, -0.25) is 0 Å². The Morgan fingerprint density at radius 1 is 1.29 bits per heavy atom. The molecule has 0 aromatic heterocycles. The van der Waals surface area contributed by atoms with Gasteiger partial charge in [0.25, 0.3) is 0 Å². The van der Waals surface area contributed by atoms with Gasteiger partial charge in [0.15, 0.2) is 6.10 Å². The number of hydrogen-bond donors (Lipinski definition) is 0. The van der Waals surface area contributed by atoms with Gasteiger partial charge in [0.2, 0.25) is 0 Å². The topological polar surface area (TPSA) is 35.5 Å². The van der Waals surface area contributed by atoms with Gasteiger partial charge in [0.05, 0.1) is 6.61 Å². The monoisotopic (exact) mass is 236 g/mol. The molecule has 0 heterocycles. The van der Waals surface area contributed by atoms with Crippen LogP contribution >= 0.6 is 0 Å². The summed E-state index contributed by atoms with van der Waals surface area (Å²) in [7, 11) is 1.53. The van der Waals surface area contributed by atoms with E-state index in [0.717, 1.165) is 5.56 Å².